The lowest BCUT2D eigenvalue weighted by atomic mass is 10.0. The molecule has 0 fully saturated rings. The number of methoxy groups -OCH3 is 1. The Balaban J connectivity index is 2.24. The molecule has 0 saturated heterocycles. The van der Waals surface area contributed by atoms with Crippen molar-refractivity contribution in [2.45, 2.75) is 19.4 Å². The Morgan fingerprint density at radius 1 is 1.45 bits per heavy atom. The van der Waals surface area contributed by atoms with Crippen molar-refractivity contribution in [3.63, 3.8) is 0 Å². The summed E-state index contributed by atoms with van der Waals surface area (Å²) in [7, 11) is 1.49. The minimum absolute atomic E-state index is 0.101. The van der Waals surface area contributed by atoms with Crippen molar-refractivity contribution in [3.8, 4) is 5.75 Å². The molecule has 0 bridgehead atoms. The molecule has 0 aliphatic carbocycles. The summed E-state index contributed by atoms with van der Waals surface area (Å²) in [5.74, 6) is 0.0245. The number of likely N-dealkylation sites (N-methyl/N-ethyl adjacent to an activating group) is 1. The van der Waals surface area contributed by atoms with E-state index in [2.05, 4.69) is 39.6 Å². The van der Waals surface area contributed by atoms with Gasteiger partial charge in [-0.1, -0.05) is 19.1 Å². The molecular formula is C15H17BrFNOS. The van der Waals surface area contributed by atoms with E-state index >= 15 is 0 Å². The van der Waals surface area contributed by atoms with Gasteiger partial charge in [0.05, 0.1) is 10.9 Å². The molecule has 108 valence electrons. The molecule has 20 heavy (non-hydrogen) atoms. The van der Waals surface area contributed by atoms with Crippen LogP contribution in [0.3, 0.4) is 0 Å². The van der Waals surface area contributed by atoms with E-state index in [4.69, 9.17) is 4.74 Å². The van der Waals surface area contributed by atoms with Crippen molar-refractivity contribution in [2.75, 3.05) is 13.7 Å². The van der Waals surface area contributed by atoms with E-state index < -0.39 is 0 Å². The summed E-state index contributed by atoms with van der Waals surface area (Å²) in [6, 6.07) is 7.45. The molecule has 0 saturated carbocycles. The molecule has 1 heterocycles. The Kier molecular flexibility index (Phi) is 5.57. The second-order valence-electron chi connectivity index (χ2n) is 4.43. The minimum atomic E-state index is -0.271. The third-order valence-electron chi connectivity index (χ3n) is 3.13. The molecule has 1 N–H and O–H groups in total. The highest BCUT2D eigenvalue weighted by Gasteiger charge is 2.16. The van der Waals surface area contributed by atoms with Crippen molar-refractivity contribution >= 4 is 27.3 Å². The zero-order valence-corrected chi connectivity index (χ0v) is 13.9. The fourth-order valence-corrected chi connectivity index (χ4v) is 3.38. The maximum absolute atomic E-state index is 14.2. The topological polar surface area (TPSA) is 21.3 Å². The van der Waals surface area contributed by atoms with Gasteiger partial charge >= 0.3 is 0 Å². The summed E-state index contributed by atoms with van der Waals surface area (Å²) in [5.41, 5.74) is 1.84. The van der Waals surface area contributed by atoms with Crippen LogP contribution in [0.2, 0.25) is 0 Å². The maximum Gasteiger partial charge on any atom is 0.168 e. The summed E-state index contributed by atoms with van der Waals surface area (Å²) < 4.78 is 20.4. The van der Waals surface area contributed by atoms with Crippen LogP contribution in [0.4, 0.5) is 4.39 Å². The Hall–Kier alpha value is -0.910. The van der Waals surface area contributed by atoms with Crippen LogP contribution in [0.15, 0.2) is 33.4 Å². The SMILES string of the molecule is CCNC(Cc1cccc(OC)c1F)c1csc(Br)c1. The summed E-state index contributed by atoms with van der Waals surface area (Å²) in [5, 5.41) is 5.50. The van der Waals surface area contributed by atoms with E-state index in [0.29, 0.717) is 17.7 Å². The van der Waals surface area contributed by atoms with Crippen molar-refractivity contribution in [1.82, 2.24) is 5.32 Å². The lowest BCUT2D eigenvalue weighted by Crippen LogP contribution is -2.23. The number of benzene rings is 1. The molecule has 1 aromatic heterocycles. The third-order valence-corrected chi connectivity index (χ3v) is 4.65. The molecule has 2 aromatic rings. The fourth-order valence-electron chi connectivity index (χ4n) is 2.15. The Morgan fingerprint density at radius 2 is 2.25 bits per heavy atom. The molecule has 2 rings (SSSR count). The van der Waals surface area contributed by atoms with Crippen molar-refractivity contribution < 1.29 is 9.13 Å². The van der Waals surface area contributed by atoms with Gasteiger partial charge in [0, 0.05) is 6.04 Å². The van der Waals surface area contributed by atoms with E-state index in [0.717, 1.165) is 10.3 Å². The lowest BCUT2D eigenvalue weighted by Gasteiger charge is -2.18. The van der Waals surface area contributed by atoms with Crippen molar-refractivity contribution in [3.05, 3.63) is 50.4 Å². The monoisotopic (exact) mass is 357 g/mol. The quantitative estimate of drug-likeness (QED) is 0.818. The standard InChI is InChI=1S/C15H17BrFNOS/c1-3-18-12(11-8-14(16)20-9-11)7-10-5-4-6-13(19-2)15(10)17/h4-6,8-9,12,18H,3,7H2,1-2H3. The molecule has 0 spiro atoms. The summed E-state index contributed by atoms with van der Waals surface area (Å²) >= 11 is 5.11. The lowest BCUT2D eigenvalue weighted by molar-refractivity contribution is 0.382. The van der Waals surface area contributed by atoms with Crippen molar-refractivity contribution in [1.29, 1.82) is 0 Å². The number of thiophene rings is 1. The summed E-state index contributed by atoms with van der Waals surface area (Å²) in [6.45, 7) is 2.89. The molecule has 0 aliphatic rings. The number of hydrogen-bond donors (Lipinski definition) is 1. The number of halogens is 2. The highest BCUT2D eigenvalue weighted by Crippen LogP contribution is 2.29. The van der Waals surface area contributed by atoms with Crippen LogP contribution in [0.25, 0.3) is 0 Å². The van der Waals surface area contributed by atoms with Crippen molar-refractivity contribution in [2.24, 2.45) is 0 Å². The second-order valence-corrected chi connectivity index (χ2v) is 6.72. The van der Waals surface area contributed by atoms with Gasteiger partial charge in [-0.05, 0) is 57.5 Å². The fraction of sp³-hybridized carbons (Fsp3) is 0.333. The first kappa shape index (κ1) is 15.5. The molecule has 5 heteroatoms. The Labute approximate surface area is 131 Å². The smallest absolute Gasteiger partial charge is 0.168 e. The largest absolute Gasteiger partial charge is 0.494 e. The van der Waals surface area contributed by atoms with Gasteiger partial charge in [0.25, 0.3) is 0 Å². The second kappa shape index (κ2) is 7.20. The number of hydrogen-bond acceptors (Lipinski definition) is 3. The van der Waals surface area contributed by atoms with E-state index in [1.54, 1.807) is 17.4 Å². The Morgan fingerprint density at radius 3 is 2.85 bits per heavy atom. The van der Waals surface area contributed by atoms with Crippen LogP contribution in [0.5, 0.6) is 5.75 Å². The molecule has 0 aliphatic heterocycles. The molecule has 1 aromatic carbocycles. The van der Waals surface area contributed by atoms with Crippen LogP contribution in [-0.4, -0.2) is 13.7 Å². The van der Waals surface area contributed by atoms with Crippen LogP contribution >= 0.6 is 27.3 Å². The van der Waals surface area contributed by atoms with Gasteiger partial charge in [0.2, 0.25) is 0 Å². The van der Waals surface area contributed by atoms with E-state index in [-0.39, 0.29) is 11.9 Å². The van der Waals surface area contributed by atoms with Gasteiger partial charge in [0.1, 0.15) is 0 Å². The number of ether oxygens (including phenoxy) is 1. The normalized spacial score (nSPS) is 12.4. The first-order valence-corrected chi connectivity index (χ1v) is 8.11. The molecular weight excluding hydrogens is 341 g/mol. The molecule has 2 nitrogen and oxygen atoms in total. The highest BCUT2D eigenvalue weighted by molar-refractivity contribution is 9.11. The van der Waals surface area contributed by atoms with Gasteiger partial charge in [-0.3, -0.25) is 0 Å². The zero-order chi connectivity index (χ0) is 14.5. The van der Waals surface area contributed by atoms with Gasteiger partial charge in [0.15, 0.2) is 11.6 Å². The van der Waals surface area contributed by atoms with E-state index in [1.807, 2.05) is 12.1 Å². The third kappa shape index (κ3) is 3.59. The molecule has 1 unspecified atom stereocenters. The average Bonchev–Trinajstić information content (AvgIpc) is 2.87. The Bertz CT molecular complexity index is 573. The first-order valence-electron chi connectivity index (χ1n) is 6.44. The highest BCUT2D eigenvalue weighted by atomic mass is 79.9. The van der Waals surface area contributed by atoms with E-state index in [1.165, 1.54) is 12.7 Å². The summed E-state index contributed by atoms with van der Waals surface area (Å²) in [6.07, 6.45) is 0.597. The van der Waals surface area contributed by atoms with Gasteiger partial charge in [-0.25, -0.2) is 4.39 Å². The van der Waals surface area contributed by atoms with Crippen LogP contribution in [0, 0.1) is 5.82 Å². The first-order chi connectivity index (χ1) is 9.65. The van der Waals surface area contributed by atoms with Gasteiger partial charge in [-0.2, -0.15) is 0 Å². The predicted molar refractivity (Wildman–Crippen MR) is 85.1 cm³/mol. The number of rotatable bonds is 6. The van der Waals surface area contributed by atoms with Gasteiger partial charge in [-0.15, -0.1) is 11.3 Å². The molecule has 0 radical (unpaired) electrons. The minimum Gasteiger partial charge on any atom is -0.494 e. The number of nitrogens with one attached hydrogen (secondary N) is 1. The zero-order valence-electron chi connectivity index (χ0n) is 11.5. The van der Waals surface area contributed by atoms with Crippen LogP contribution in [0.1, 0.15) is 24.1 Å². The van der Waals surface area contributed by atoms with Crippen LogP contribution < -0.4 is 10.1 Å². The maximum atomic E-state index is 14.2. The predicted octanol–water partition coefficient (Wildman–Crippen LogP) is 4.55. The van der Waals surface area contributed by atoms with E-state index in [9.17, 15) is 4.39 Å². The molecule has 0 amide bonds. The molecule has 1 atom stereocenters. The average molecular weight is 358 g/mol. The summed E-state index contributed by atoms with van der Waals surface area (Å²) in [4.78, 5) is 0. The van der Waals surface area contributed by atoms with Crippen LogP contribution in [-0.2, 0) is 6.42 Å². The van der Waals surface area contributed by atoms with Gasteiger partial charge < -0.3 is 10.1 Å².